The number of carbonyl (C=O) groups excluding carboxylic acids is 2. The number of hydrogen-bond donors (Lipinski definition) is 1. The molecule has 1 aliphatic carbocycles. The van der Waals surface area contributed by atoms with E-state index in [0.717, 1.165) is 30.2 Å². The zero-order valence-electron chi connectivity index (χ0n) is 17.3. The molecule has 1 atom stereocenters. The quantitative estimate of drug-likeness (QED) is 0.708. The molecule has 1 aromatic carbocycles. The summed E-state index contributed by atoms with van der Waals surface area (Å²) in [6, 6.07) is 5.11. The Morgan fingerprint density at radius 2 is 2.03 bits per heavy atom. The molecule has 8 heteroatoms. The van der Waals surface area contributed by atoms with E-state index < -0.39 is 15.8 Å². The third kappa shape index (κ3) is 4.24. The summed E-state index contributed by atoms with van der Waals surface area (Å²) in [6.07, 6.45) is 5.51. The van der Waals surface area contributed by atoms with E-state index in [2.05, 4.69) is 4.98 Å². The smallest absolute Gasteiger partial charge is 0.338 e. The van der Waals surface area contributed by atoms with Gasteiger partial charge in [0.05, 0.1) is 17.1 Å². The second kappa shape index (κ2) is 8.41. The number of aromatic amines is 1. The van der Waals surface area contributed by atoms with Crippen LogP contribution in [0.15, 0.2) is 18.2 Å². The van der Waals surface area contributed by atoms with Crippen LogP contribution >= 0.6 is 0 Å². The van der Waals surface area contributed by atoms with E-state index in [9.17, 15) is 18.0 Å². The van der Waals surface area contributed by atoms with Gasteiger partial charge in [0.15, 0.2) is 16.4 Å². The molecule has 30 heavy (non-hydrogen) atoms. The molecule has 0 spiro atoms. The molecule has 0 saturated carbocycles. The minimum Gasteiger partial charge on any atom is -0.452 e. The van der Waals surface area contributed by atoms with Crippen molar-refractivity contribution in [3.8, 4) is 0 Å². The summed E-state index contributed by atoms with van der Waals surface area (Å²) in [5, 5.41) is 1.05. The predicted octanol–water partition coefficient (Wildman–Crippen LogP) is 2.63. The monoisotopic (exact) mass is 432 g/mol. The first-order valence-corrected chi connectivity index (χ1v) is 12.5. The van der Waals surface area contributed by atoms with E-state index in [1.54, 1.807) is 11.0 Å². The van der Waals surface area contributed by atoms with Gasteiger partial charge in [0.1, 0.15) is 0 Å². The van der Waals surface area contributed by atoms with Crippen LogP contribution < -0.4 is 0 Å². The Balaban J connectivity index is 1.43. The molecule has 1 fully saturated rings. The number of nitrogens with one attached hydrogen (secondary N) is 1. The highest BCUT2D eigenvalue weighted by atomic mass is 32.2. The third-order valence-electron chi connectivity index (χ3n) is 6.09. The van der Waals surface area contributed by atoms with Crippen LogP contribution in [0.4, 0.5) is 0 Å². The minimum atomic E-state index is -3.09. The second-order valence-corrected chi connectivity index (χ2v) is 10.5. The SMILES string of the molecule is CCCN(C(=O)COC(=O)c1ccc2[nH]c3c(c2c1)CCCC3)C1CCS(=O)(=O)C1. The fourth-order valence-electron chi connectivity index (χ4n) is 4.60. The number of benzene rings is 1. The highest BCUT2D eigenvalue weighted by Crippen LogP contribution is 2.30. The first kappa shape index (κ1) is 20.9. The van der Waals surface area contributed by atoms with Gasteiger partial charge in [-0.15, -0.1) is 0 Å². The maximum Gasteiger partial charge on any atom is 0.338 e. The first-order valence-electron chi connectivity index (χ1n) is 10.7. The number of rotatable bonds is 6. The summed E-state index contributed by atoms with van der Waals surface area (Å²) in [6.45, 7) is 2.01. The number of aryl methyl sites for hydroxylation is 2. The van der Waals surface area contributed by atoms with Crippen molar-refractivity contribution in [3.63, 3.8) is 0 Å². The summed E-state index contributed by atoms with van der Waals surface area (Å²) in [5.41, 5.74) is 3.97. The molecule has 1 unspecified atom stereocenters. The third-order valence-corrected chi connectivity index (χ3v) is 7.84. The lowest BCUT2D eigenvalue weighted by Crippen LogP contribution is -2.43. The molecular formula is C22H28N2O5S. The van der Waals surface area contributed by atoms with Crippen molar-refractivity contribution in [3.05, 3.63) is 35.0 Å². The molecule has 1 amide bonds. The molecule has 1 N–H and O–H groups in total. The minimum absolute atomic E-state index is 0.0120. The van der Waals surface area contributed by atoms with Gasteiger partial charge in [0.25, 0.3) is 5.91 Å². The fraction of sp³-hybridized carbons (Fsp3) is 0.545. The van der Waals surface area contributed by atoms with Crippen LogP contribution in [0.3, 0.4) is 0 Å². The van der Waals surface area contributed by atoms with Crippen LogP contribution in [0, 0.1) is 0 Å². The highest BCUT2D eigenvalue weighted by molar-refractivity contribution is 7.91. The summed E-state index contributed by atoms with van der Waals surface area (Å²) in [7, 11) is -3.09. The largest absolute Gasteiger partial charge is 0.452 e. The molecule has 4 rings (SSSR count). The van der Waals surface area contributed by atoms with Gasteiger partial charge in [-0.25, -0.2) is 13.2 Å². The van der Waals surface area contributed by atoms with Gasteiger partial charge in [0, 0.05) is 29.2 Å². The van der Waals surface area contributed by atoms with Crippen molar-refractivity contribution < 1.29 is 22.7 Å². The Kier molecular flexibility index (Phi) is 5.86. The Morgan fingerprint density at radius 1 is 1.23 bits per heavy atom. The number of aromatic nitrogens is 1. The summed E-state index contributed by atoms with van der Waals surface area (Å²) in [4.78, 5) is 30.3. The maximum absolute atomic E-state index is 12.7. The number of sulfone groups is 1. The lowest BCUT2D eigenvalue weighted by Gasteiger charge is -2.27. The fourth-order valence-corrected chi connectivity index (χ4v) is 6.33. The van der Waals surface area contributed by atoms with Gasteiger partial charge in [-0.3, -0.25) is 4.79 Å². The Hall–Kier alpha value is -2.35. The van der Waals surface area contributed by atoms with Crippen molar-refractivity contribution in [2.45, 2.75) is 51.5 Å². The predicted molar refractivity (Wildman–Crippen MR) is 114 cm³/mol. The van der Waals surface area contributed by atoms with Crippen LogP contribution in [0.5, 0.6) is 0 Å². The summed E-state index contributed by atoms with van der Waals surface area (Å²) in [5.74, 6) is -0.785. The van der Waals surface area contributed by atoms with E-state index in [4.69, 9.17) is 4.74 Å². The number of carbonyl (C=O) groups is 2. The first-order chi connectivity index (χ1) is 14.4. The van der Waals surface area contributed by atoms with Crippen molar-refractivity contribution in [2.75, 3.05) is 24.7 Å². The van der Waals surface area contributed by atoms with Gasteiger partial charge in [-0.2, -0.15) is 0 Å². The molecule has 1 aliphatic heterocycles. The van der Waals surface area contributed by atoms with Crippen molar-refractivity contribution in [1.29, 1.82) is 0 Å². The molecular weight excluding hydrogens is 404 g/mol. The van der Waals surface area contributed by atoms with E-state index in [0.29, 0.717) is 24.9 Å². The molecule has 2 heterocycles. The van der Waals surface area contributed by atoms with E-state index in [1.165, 1.54) is 17.7 Å². The lowest BCUT2D eigenvalue weighted by atomic mass is 9.95. The number of nitrogens with zero attached hydrogens (tertiary/aromatic N) is 1. The van der Waals surface area contributed by atoms with Crippen LogP contribution in [0.25, 0.3) is 10.9 Å². The van der Waals surface area contributed by atoms with E-state index >= 15 is 0 Å². The topological polar surface area (TPSA) is 96.5 Å². The lowest BCUT2D eigenvalue weighted by molar-refractivity contribution is -0.136. The molecule has 0 radical (unpaired) electrons. The summed E-state index contributed by atoms with van der Waals surface area (Å²) >= 11 is 0. The van der Waals surface area contributed by atoms with E-state index in [1.807, 2.05) is 19.1 Å². The molecule has 0 bridgehead atoms. The molecule has 2 aromatic rings. The number of hydrogen-bond acceptors (Lipinski definition) is 5. The molecule has 1 aromatic heterocycles. The van der Waals surface area contributed by atoms with Crippen molar-refractivity contribution in [1.82, 2.24) is 9.88 Å². The number of esters is 1. The molecule has 1 saturated heterocycles. The Bertz CT molecular complexity index is 1070. The van der Waals surface area contributed by atoms with Gasteiger partial charge in [-0.1, -0.05) is 6.92 Å². The van der Waals surface area contributed by atoms with Gasteiger partial charge < -0.3 is 14.6 Å². The number of amides is 1. The van der Waals surface area contributed by atoms with Crippen LogP contribution in [-0.4, -0.2) is 60.9 Å². The second-order valence-electron chi connectivity index (χ2n) is 8.27. The molecule has 2 aliphatic rings. The molecule has 162 valence electrons. The average Bonchev–Trinajstić information content (AvgIpc) is 3.28. The molecule has 7 nitrogen and oxygen atoms in total. The van der Waals surface area contributed by atoms with Crippen molar-refractivity contribution >= 4 is 32.6 Å². The highest BCUT2D eigenvalue weighted by Gasteiger charge is 2.34. The number of ether oxygens (including phenoxy) is 1. The average molecular weight is 433 g/mol. The van der Waals surface area contributed by atoms with E-state index in [-0.39, 0.29) is 30.1 Å². The van der Waals surface area contributed by atoms with Gasteiger partial charge in [-0.05, 0) is 62.3 Å². The normalized spacial score (nSPS) is 20.1. The van der Waals surface area contributed by atoms with Crippen molar-refractivity contribution in [2.24, 2.45) is 0 Å². The van der Waals surface area contributed by atoms with Crippen LogP contribution in [0.2, 0.25) is 0 Å². The maximum atomic E-state index is 12.7. The summed E-state index contributed by atoms with van der Waals surface area (Å²) < 4.78 is 28.9. The Labute approximate surface area is 176 Å². The van der Waals surface area contributed by atoms with Gasteiger partial charge >= 0.3 is 5.97 Å². The number of H-pyrrole nitrogens is 1. The number of fused-ring (bicyclic) bond motifs is 3. The van der Waals surface area contributed by atoms with Crippen LogP contribution in [-0.2, 0) is 32.2 Å². The van der Waals surface area contributed by atoms with Crippen LogP contribution in [0.1, 0.15) is 54.2 Å². The standard InChI is InChI=1S/C22H28N2O5S/c1-2-10-24(16-9-11-30(27,28)14-16)21(25)13-29-22(26)15-7-8-20-18(12-15)17-5-3-4-6-19(17)23-20/h7-8,12,16,23H,2-6,9-11,13-14H2,1H3. The zero-order chi connectivity index (χ0) is 21.3. The Morgan fingerprint density at radius 3 is 2.77 bits per heavy atom. The zero-order valence-corrected chi connectivity index (χ0v) is 18.1. The van der Waals surface area contributed by atoms with Gasteiger partial charge in [0.2, 0.25) is 0 Å².